The van der Waals surface area contributed by atoms with Crippen molar-refractivity contribution >= 4 is 0 Å². The maximum Gasteiger partial charge on any atom is 0.119 e. The fourth-order valence-electron chi connectivity index (χ4n) is 2.31. The van der Waals surface area contributed by atoms with Gasteiger partial charge < -0.3 is 10.1 Å². The molecule has 1 atom stereocenters. The van der Waals surface area contributed by atoms with E-state index in [0.29, 0.717) is 6.61 Å². The van der Waals surface area contributed by atoms with Crippen LogP contribution in [0.2, 0.25) is 0 Å². The Kier molecular flexibility index (Phi) is 5.13. The molecule has 2 rings (SSSR count). The molecule has 2 aromatic rings. The summed E-state index contributed by atoms with van der Waals surface area (Å²) in [5, 5.41) is 3.53. The molecule has 0 radical (unpaired) electrons. The fourth-order valence-corrected chi connectivity index (χ4v) is 2.31. The molecular weight excluding hydrogens is 248 g/mol. The van der Waals surface area contributed by atoms with E-state index < -0.39 is 0 Å². The summed E-state index contributed by atoms with van der Waals surface area (Å²) in [5.74, 6) is 0.911. The Labute approximate surface area is 121 Å². The number of hydrogen-bond donors (Lipinski definition) is 1. The molecule has 3 nitrogen and oxygen atoms in total. The topological polar surface area (TPSA) is 34.1 Å². The van der Waals surface area contributed by atoms with Crippen molar-refractivity contribution in [3.63, 3.8) is 0 Å². The van der Waals surface area contributed by atoms with E-state index in [0.717, 1.165) is 12.3 Å². The third-order valence-electron chi connectivity index (χ3n) is 3.32. The van der Waals surface area contributed by atoms with Crippen LogP contribution in [0.3, 0.4) is 0 Å². The quantitative estimate of drug-likeness (QED) is 0.872. The molecule has 0 aliphatic carbocycles. The van der Waals surface area contributed by atoms with E-state index in [9.17, 15) is 0 Å². The summed E-state index contributed by atoms with van der Waals surface area (Å²) >= 11 is 0. The predicted octanol–water partition coefficient (Wildman–Crippen LogP) is 3.49. The number of hydrogen-bond acceptors (Lipinski definition) is 3. The summed E-state index contributed by atoms with van der Waals surface area (Å²) in [5.41, 5.74) is 3.70. The van der Waals surface area contributed by atoms with Crippen LogP contribution in [0, 0.1) is 6.92 Å². The van der Waals surface area contributed by atoms with Gasteiger partial charge in [0.1, 0.15) is 5.75 Å². The number of rotatable bonds is 6. The van der Waals surface area contributed by atoms with Crippen LogP contribution in [-0.4, -0.2) is 18.1 Å². The van der Waals surface area contributed by atoms with Gasteiger partial charge in [0.2, 0.25) is 0 Å². The van der Waals surface area contributed by atoms with E-state index in [1.54, 1.807) is 0 Å². The normalized spacial score (nSPS) is 12.2. The Bertz CT molecular complexity index is 537. The number of pyridine rings is 1. The van der Waals surface area contributed by atoms with Gasteiger partial charge in [-0.3, -0.25) is 4.98 Å². The average molecular weight is 270 g/mol. The third-order valence-corrected chi connectivity index (χ3v) is 3.32. The lowest BCUT2D eigenvalue weighted by atomic mass is 9.96. The lowest BCUT2D eigenvalue weighted by molar-refractivity contribution is 0.340. The highest BCUT2D eigenvalue weighted by molar-refractivity contribution is 5.37. The largest absolute Gasteiger partial charge is 0.494 e. The molecule has 20 heavy (non-hydrogen) atoms. The van der Waals surface area contributed by atoms with E-state index in [4.69, 9.17) is 4.74 Å². The second-order valence-corrected chi connectivity index (χ2v) is 4.73. The summed E-state index contributed by atoms with van der Waals surface area (Å²) < 4.78 is 5.50. The molecule has 0 saturated carbocycles. The summed E-state index contributed by atoms with van der Waals surface area (Å²) in [6.07, 6.45) is 3.78. The van der Waals surface area contributed by atoms with Crippen LogP contribution in [0.1, 0.15) is 36.6 Å². The van der Waals surface area contributed by atoms with Gasteiger partial charge in [0, 0.05) is 12.4 Å². The van der Waals surface area contributed by atoms with Gasteiger partial charge in [0.25, 0.3) is 0 Å². The summed E-state index contributed by atoms with van der Waals surface area (Å²) in [6.45, 7) is 7.83. The van der Waals surface area contributed by atoms with Crippen molar-refractivity contribution in [3.8, 4) is 5.75 Å². The van der Waals surface area contributed by atoms with Gasteiger partial charge in [0.15, 0.2) is 0 Å². The molecule has 1 heterocycles. The molecule has 0 saturated heterocycles. The van der Waals surface area contributed by atoms with Crippen molar-refractivity contribution in [1.82, 2.24) is 10.3 Å². The van der Waals surface area contributed by atoms with E-state index in [2.05, 4.69) is 36.3 Å². The Morgan fingerprint density at radius 3 is 2.50 bits per heavy atom. The van der Waals surface area contributed by atoms with Crippen LogP contribution in [-0.2, 0) is 0 Å². The summed E-state index contributed by atoms with van der Waals surface area (Å²) in [4.78, 5) is 4.26. The molecule has 1 aromatic carbocycles. The van der Waals surface area contributed by atoms with E-state index >= 15 is 0 Å². The number of ether oxygens (including phenoxy) is 1. The van der Waals surface area contributed by atoms with Gasteiger partial charge in [-0.1, -0.05) is 19.1 Å². The lowest BCUT2D eigenvalue weighted by Gasteiger charge is -2.20. The Morgan fingerprint density at radius 2 is 1.90 bits per heavy atom. The molecule has 0 bridgehead atoms. The average Bonchev–Trinajstić information content (AvgIpc) is 2.47. The zero-order valence-electron chi connectivity index (χ0n) is 12.4. The van der Waals surface area contributed by atoms with Gasteiger partial charge in [-0.05, 0) is 55.3 Å². The van der Waals surface area contributed by atoms with E-state index in [1.165, 1.54) is 16.7 Å². The van der Waals surface area contributed by atoms with Gasteiger partial charge in [-0.2, -0.15) is 0 Å². The zero-order chi connectivity index (χ0) is 14.4. The predicted molar refractivity (Wildman–Crippen MR) is 82.1 cm³/mol. The molecule has 1 N–H and O–H groups in total. The Balaban J connectivity index is 2.31. The first kappa shape index (κ1) is 14.5. The molecule has 1 aromatic heterocycles. The second-order valence-electron chi connectivity index (χ2n) is 4.73. The smallest absolute Gasteiger partial charge is 0.119 e. The van der Waals surface area contributed by atoms with Crippen molar-refractivity contribution in [2.24, 2.45) is 0 Å². The van der Waals surface area contributed by atoms with Crippen LogP contribution in [0.15, 0.2) is 42.7 Å². The van der Waals surface area contributed by atoms with Crippen molar-refractivity contribution in [1.29, 1.82) is 0 Å². The van der Waals surface area contributed by atoms with Crippen LogP contribution in [0.4, 0.5) is 0 Å². The van der Waals surface area contributed by atoms with E-state index in [1.807, 2.05) is 37.5 Å². The minimum Gasteiger partial charge on any atom is -0.494 e. The third kappa shape index (κ3) is 3.36. The van der Waals surface area contributed by atoms with Gasteiger partial charge in [-0.25, -0.2) is 0 Å². The molecule has 0 amide bonds. The summed E-state index contributed by atoms with van der Waals surface area (Å²) in [6, 6.07) is 10.5. The van der Waals surface area contributed by atoms with Crippen molar-refractivity contribution in [2.75, 3.05) is 13.2 Å². The Morgan fingerprint density at radius 1 is 1.15 bits per heavy atom. The first-order chi connectivity index (χ1) is 9.76. The zero-order valence-corrected chi connectivity index (χ0v) is 12.4. The van der Waals surface area contributed by atoms with Gasteiger partial charge >= 0.3 is 0 Å². The number of nitrogens with one attached hydrogen (secondary N) is 1. The number of aryl methyl sites for hydroxylation is 1. The van der Waals surface area contributed by atoms with Gasteiger partial charge in [0.05, 0.1) is 12.6 Å². The number of nitrogens with zero attached hydrogens (tertiary/aromatic N) is 1. The molecule has 3 heteroatoms. The van der Waals surface area contributed by atoms with E-state index in [-0.39, 0.29) is 6.04 Å². The first-order valence-electron chi connectivity index (χ1n) is 7.13. The fraction of sp³-hybridized carbons (Fsp3) is 0.353. The molecule has 0 aliphatic rings. The Hall–Kier alpha value is -1.87. The molecule has 0 fully saturated rings. The molecule has 0 spiro atoms. The molecule has 0 aliphatic heterocycles. The minimum atomic E-state index is 0.171. The van der Waals surface area contributed by atoms with Crippen molar-refractivity contribution in [3.05, 3.63) is 59.4 Å². The number of aromatic nitrogens is 1. The van der Waals surface area contributed by atoms with Crippen LogP contribution < -0.4 is 10.1 Å². The number of benzene rings is 1. The maximum absolute atomic E-state index is 5.50. The molecule has 106 valence electrons. The minimum absolute atomic E-state index is 0.171. The highest BCUT2D eigenvalue weighted by Crippen LogP contribution is 2.25. The SMILES string of the molecule is CCNC(c1ccc(OCC)cc1)c1cnccc1C. The van der Waals surface area contributed by atoms with Crippen molar-refractivity contribution < 1.29 is 4.74 Å². The molecule has 1 unspecified atom stereocenters. The summed E-state index contributed by atoms with van der Waals surface area (Å²) in [7, 11) is 0. The maximum atomic E-state index is 5.50. The van der Waals surface area contributed by atoms with Gasteiger partial charge in [-0.15, -0.1) is 0 Å². The molecular formula is C17H22N2O. The highest BCUT2D eigenvalue weighted by atomic mass is 16.5. The standard InChI is InChI=1S/C17H22N2O/c1-4-19-17(16-12-18-11-10-13(16)3)14-6-8-15(9-7-14)20-5-2/h6-12,17,19H,4-5H2,1-3H3. The highest BCUT2D eigenvalue weighted by Gasteiger charge is 2.15. The van der Waals surface area contributed by atoms with Crippen LogP contribution >= 0.6 is 0 Å². The van der Waals surface area contributed by atoms with Crippen molar-refractivity contribution in [2.45, 2.75) is 26.8 Å². The van der Waals surface area contributed by atoms with Crippen LogP contribution in [0.25, 0.3) is 0 Å². The second kappa shape index (κ2) is 7.06. The lowest BCUT2D eigenvalue weighted by Crippen LogP contribution is -2.22. The monoisotopic (exact) mass is 270 g/mol. The van der Waals surface area contributed by atoms with Crippen LogP contribution in [0.5, 0.6) is 5.75 Å². The first-order valence-corrected chi connectivity index (χ1v) is 7.13.